The lowest BCUT2D eigenvalue weighted by molar-refractivity contribution is 0.222. The molecule has 0 aromatic carbocycles. The molecule has 1 fully saturated rings. The highest BCUT2D eigenvalue weighted by molar-refractivity contribution is 5.39. The summed E-state index contributed by atoms with van der Waals surface area (Å²) in [5.74, 6) is 1.09. The van der Waals surface area contributed by atoms with Crippen molar-refractivity contribution in [3.63, 3.8) is 0 Å². The molecule has 21 heavy (non-hydrogen) atoms. The van der Waals surface area contributed by atoms with Crippen molar-refractivity contribution in [2.24, 2.45) is 11.1 Å². The summed E-state index contributed by atoms with van der Waals surface area (Å²) in [6.07, 6.45) is 9.09. The first kappa shape index (κ1) is 16.3. The second-order valence-electron chi connectivity index (χ2n) is 7.40. The fourth-order valence-electron chi connectivity index (χ4n) is 3.15. The van der Waals surface area contributed by atoms with E-state index >= 15 is 0 Å². The molecule has 2 rings (SSSR count). The zero-order valence-electron chi connectivity index (χ0n) is 14.1. The molecule has 1 unspecified atom stereocenters. The minimum absolute atomic E-state index is 0.246. The number of nitrogens with two attached hydrogens (primary N) is 1. The van der Waals surface area contributed by atoms with Gasteiger partial charge in [0.05, 0.1) is 0 Å². The molecule has 1 aromatic rings. The van der Waals surface area contributed by atoms with Crippen molar-refractivity contribution in [2.75, 3.05) is 11.9 Å². The van der Waals surface area contributed by atoms with Gasteiger partial charge in [0.1, 0.15) is 5.82 Å². The summed E-state index contributed by atoms with van der Waals surface area (Å²) in [7, 11) is 2.18. The standard InChI is InChI=1S/C18H31N3/c1-5-15(19)12-14-6-7-17(20-13-14)21(4)16-8-10-18(2,3)11-9-16/h6-7,13,15-16H,5,8-12,19H2,1-4H3. The molecular weight excluding hydrogens is 258 g/mol. The third-order valence-electron chi connectivity index (χ3n) is 5.05. The van der Waals surface area contributed by atoms with Gasteiger partial charge in [0.2, 0.25) is 0 Å². The summed E-state index contributed by atoms with van der Waals surface area (Å²) in [4.78, 5) is 7.01. The van der Waals surface area contributed by atoms with Gasteiger partial charge in [-0.1, -0.05) is 26.8 Å². The molecule has 1 atom stereocenters. The summed E-state index contributed by atoms with van der Waals surface area (Å²) in [5, 5.41) is 0. The molecule has 1 saturated carbocycles. The predicted molar refractivity (Wildman–Crippen MR) is 90.6 cm³/mol. The first-order valence-electron chi connectivity index (χ1n) is 8.34. The summed E-state index contributed by atoms with van der Waals surface area (Å²) < 4.78 is 0. The van der Waals surface area contributed by atoms with E-state index in [0.29, 0.717) is 11.5 Å². The van der Waals surface area contributed by atoms with Gasteiger partial charge in [-0.25, -0.2) is 4.98 Å². The van der Waals surface area contributed by atoms with Crippen LogP contribution in [0.1, 0.15) is 58.4 Å². The second-order valence-corrected chi connectivity index (χ2v) is 7.40. The summed E-state index contributed by atoms with van der Waals surface area (Å²) >= 11 is 0. The SMILES string of the molecule is CCC(N)Cc1ccc(N(C)C2CCC(C)(C)CC2)nc1. The molecule has 0 amide bonds. The van der Waals surface area contributed by atoms with Crippen LogP contribution < -0.4 is 10.6 Å². The zero-order chi connectivity index (χ0) is 15.5. The number of pyridine rings is 1. The van der Waals surface area contributed by atoms with Crippen LogP contribution in [0.4, 0.5) is 5.82 Å². The predicted octanol–water partition coefficient (Wildman–Crippen LogP) is 3.77. The fraction of sp³-hybridized carbons (Fsp3) is 0.722. The molecule has 1 aliphatic carbocycles. The molecule has 0 radical (unpaired) electrons. The number of hydrogen-bond acceptors (Lipinski definition) is 3. The van der Waals surface area contributed by atoms with Crippen LogP contribution in [-0.4, -0.2) is 24.1 Å². The van der Waals surface area contributed by atoms with Gasteiger partial charge in [-0.05, 0) is 55.6 Å². The van der Waals surface area contributed by atoms with E-state index in [1.807, 2.05) is 6.20 Å². The van der Waals surface area contributed by atoms with Crippen LogP contribution >= 0.6 is 0 Å². The Morgan fingerprint density at radius 2 is 2.00 bits per heavy atom. The Bertz CT molecular complexity index is 428. The molecule has 0 bridgehead atoms. The first-order chi connectivity index (χ1) is 9.91. The lowest BCUT2D eigenvalue weighted by Crippen LogP contribution is -2.37. The first-order valence-corrected chi connectivity index (χ1v) is 8.34. The normalized spacial score (nSPS) is 20.2. The monoisotopic (exact) mass is 289 g/mol. The van der Waals surface area contributed by atoms with Crippen molar-refractivity contribution in [2.45, 2.75) is 71.4 Å². The average molecular weight is 289 g/mol. The van der Waals surface area contributed by atoms with Crippen LogP contribution in [-0.2, 0) is 6.42 Å². The number of hydrogen-bond donors (Lipinski definition) is 1. The van der Waals surface area contributed by atoms with E-state index in [1.54, 1.807) is 0 Å². The second kappa shape index (κ2) is 6.78. The Kier molecular flexibility index (Phi) is 5.26. The van der Waals surface area contributed by atoms with Crippen LogP contribution in [0, 0.1) is 5.41 Å². The summed E-state index contributed by atoms with van der Waals surface area (Å²) in [6, 6.07) is 5.21. The largest absolute Gasteiger partial charge is 0.357 e. The van der Waals surface area contributed by atoms with Crippen molar-refractivity contribution in [1.82, 2.24) is 4.98 Å². The van der Waals surface area contributed by atoms with Crippen LogP contribution in [0.3, 0.4) is 0 Å². The molecule has 3 heteroatoms. The molecule has 118 valence electrons. The molecule has 0 aliphatic heterocycles. The highest BCUT2D eigenvalue weighted by atomic mass is 15.2. The van der Waals surface area contributed by atoms with Crippen LogP contribution in [0.2, 0.25) is 0 Å². The topological polar surface area (TPSA) is 42.1 Å². The highest BCUT2D eigenvalue weighted by Crippen LogP contribution is 2.37. The lowest BCUT2D eigenvalue weighted by Gasteiger charge is -2.39. The maximum absolute atomic E-state index is 6.01. The van der Waals surface area contributed by atoms with Crippen molar-refractivity contribution < 1.29 is 0 Å². The van der Waals surface area contributed by atoms with Gasteiger partial charge in [0, 0.05) is 25.3 Å². The smallest absolute Gasteiger partial charge is 0.128 e. The van der Waals surface area contributed by atoms with E-state index in [-0.39, 0.29) is 6.04 Å². The van der Waals surface area contributed by atoms with Crippen molar-refractivity contribution >= 4 is 5.82 Å². The third kappa shape index (κ3) is 4.44. The summed E-state index contributed by atoms with van der Waals surface area (Å²) in [6.45, 7) is 6.89. The van der Waals surface area contributed by atoms with E-state index in [9.17, 15) is 0 Å². The molecule has 1 aliphatic rings. The van der Waals surface area contributed by atoms with Gasteiger partial charge in [0.15, 0.2) is 0 Å². The highest BCUT2D eigenvalue weighted by Gasteiger charge is 2.29. The van der Waals surface area contributed by atoms with E-state index < -0.39 is 0 Å². The van der Waals surface area contributed by atoms with Gasteiger partial charge >= 0.3 is 0 Å². The lowest BCUT2D eigenvalue weighted by atomic mass is 9.75. The fourth-order valence-corrected chi connectivity index (χ4v) is 3.15. The van der Waals surface area contributed by atoms with Gasteiger partial charge in [-0.15, -0.1) is 0 Å². The number of aromatic nitrogens is 1. The summed E-state index contributed by atoms with van der Waals surface area (Å²) in [5.41, 5.74) is 7.77. The van der Waals surface area contributed by atoms with E-state index in [4.69, 9.17) is 5.73 Å². The van der Waals surface area contributed by atoms with Gasteiger partial charge < -0.3 is 10.6 Å². The maximum atomic E-state index is 6.01. The van der Waals surface area contributed by atoms with Crippen molar-refractivity contribution in [3.05, 3.63) is 23.9 Å². The van der Waals surface area contributed by atoms with E-state index in [2.05, 4.69) is 49.8 Å². The maximum Gasteiger partial charge on any atom is 0.128 e. The minimum atomic E-state index is 0.246. The number of rotatable bonds is 5. The number of anilines is 1. The van der Waals surface area contributed by atoms with Gasteiger partial charge in [0.25, 0.3) is 0 Å². The minimum Gasteiger partial charge on any atom is -0.357 e. The zero-order valence-corrected chi connectivity index (χ0v) is 14.1. The number of nitrogens with zero attached hydrogens (tertiary/aromatic N) is 2. The Hall–Kier alpha value is -1.09. The van der Waals surface area contributed by atoms with E-state index in [1.165, 1.54) is 31.2 Å². The van der Waals surface area contributed by atoms with E-state index in [0.717, 1.165) is 18.7 Å². The van der Waals surface area contributed by atoms with Crippen LogP contribution in [0.15, 0.2) is 18.3 Å². The Morgan fingerprint density at radius 3 is 2.52 bits per heavy atom. The molecule has 3 nitrogen and oxygen atoms in total. The quantitative estimate of drug-likeness (QED) is 0.897. The third-order valence-corrected chi connectivity index (χ3v) is 5.05. The van der Waals surface area contributed by atoms with Crippen LogP contribution in [0.25, 0.3) is 0 Å². The van der Waals surface area contributed by atoms with Gasteiger partial charge in [-0.3, -0.25) is 0 Å². The van der Waals surface area contributed by atoms with Crippen molar-refractivity contribution in [3.8, 4) is 0 Å². The average Bonchev–Trinajstić information content (AvgIpc) is 2.47. The molecule has 0 spiro atoms. The Labute approximate surface area is 129 Å². The molecule has 1 heterocycles. The van der Waals surface area contributed by atoms with Crippen molar-refractivity contribution in [1.29, 1.82) is 0 Å². The van der Waals surface area contributed by atoms with Crippen LogP contribution in [0.5, 0.6) is 0 Å². The molecule has 0 saturated heterocycles. The molecular formula is C18H31N3. The molecule has 1 aromatic heterocycles. The Morgan fingerprint density at radius 1 is 1.33 bits per heavy atom. The molecule has 2 N–H and O–H groups in total. The van der Waals surface area contributed by atoms with Gasteiger partial charge in [-0.2, -0.15) is 0 Å². The Balaban J connectivity index is 1.95.